The summed E-state index contributed by atoms with van der Waals surface area (Å²) in [6, 6.07) is 4.55. The van der Waals surface area contributed by atoms with Crippen LogP contribution in [0.1, 0.15) is 46.0 Å². The van der Waals surface area contributed by atoms with E-state index in [9.17, 15) is 28.3 Å². The molecule has 2 aromatic carbocycles. The lowest BCUT2D eigenvalue weighted by Crippen LogP contribution is -2.27. The normalized spacial score (nSPS) is 14.0. The summed E-state index contributed by atoms with van der Waals surface area (Å²) < 4.78 is 46.3. The lowest BCUT2D eigenvalue weighted by atomic mass is 10.1. The maximum Gasteiger partial charge on any atom is 0.276 e. The molecule has 0 aliphatic carbocycles. The molecule has 4 heterocycles. The van der Waals surface area contributed by atoms with Gasteiger partial charge in [-0.2, -0.15) is 0 Å². The van der Waals surface area contributed by atoms with Crippen LogP contribution in [0.2, 0.25) is 20.4 Å². The largest absolute Gasteiger partial charge is 0.506 e. The van der Waals surface area contributed by atoms with E-state index in [2.05, 4.69) is 0 Å². The zero-order valence-electron chi connectivity index (χ0n) is 27.2. The molecule has 10 nitrogen and oxygen atoms in total. The summed E-state index contributed by atoms with van der Waals surface area (Å²) in [7, 11) is 0. The van der Waals surface area contributed by atoms with Crippen molar-refractivity contribution in [3.05, 3.63) is 88.8 Å². The number of phenolic OH excluding ortho intramolecular Hbond substituents is 1. The number of rotatable bonds is 9. The first-order valence-electron chi connectivity index (χ1n) is 16.0. The molecule has 0 amide bonds. The third-order valence-corrected chi connectivity index (χ3v) is 9.51. The molecule has 0 atom stereocenters. The number of carbonyl (C=O) groups excluding carboxylic acids is 1. The van der Waals surface area contributed by atoms with Crippen molar-refractivity contribution in [3.8, 4) is 33.8 Å². The Bertz CT molecular complexity index is 2080. The second-order valence-corrected chi connectivity index (χ2v) is 13.3. The molecule has 2 aromatic heterocycles. The van der Waals surface area contributed by atoms with Crippen molar-refractivity contribution >= 4 is 52.2 Å². The number of phenols is 1. The number of allylic oxidation sites excluding steroid dienone is 1. The number of aromatic nitrogens is 4. The fourth-order valence-electron chi connectivity index (χ4n) is 5.80. The van der Waals surface area contributed by atoms with Gasteiger partial charge in [-0.05, 0) is 63.3 Å². The quantitative estimate of drug-likeness (QED) is 0.136. The minimum absolute atomic E-state index is 0.0189. The lowest BCUT2D eigenvalue weighted by Gasteiger charge is -2.17. The van der Waals surface area contributed by atoms with Crippen LogP contribution >= 0.6 is 46.4 Å². The van der Waals surface area contributed by atoms with E-state index in [0.717, 1.165) is 50.3 Å². The number of aromatic hydroxyl groups is 1. The number of ether oxygens (including phenoxy) is 2. The molecule has 6 rings (SSSR count). The van der Waals surface area contributed by atoms with Gasteiger partial charge < -0.3 is 14.6 Å². The van der Waals surface area contributed by atoms with Crippen LogP contribution < -0.4 is 15.9 Å². The molecule has 0 spiro atoms. The van der Waals surface area contributed by atoms with E-state index in [1.807, 2.05) is 6.92 Å². The highest BCUT2D eigenvalue weighted by atomic mass is 35.5. The number of hydrogen-bond donors (Lipinski definition) is 1. The van der Waals surface area contributed by atoms with Gasteiger partial charge in [-0.1, -0.05) is 53.3 Å². The van der Waals surface area contributed by atoms with Crippen LogP contribution in [0, 0.1) is 11.6 Å². The van der Waals surface area contributed by atoms with Crippen LogP contribution in [0.5, 0.6) is 11.5 Å². The molecule has 0 bridgehead atoms. The fourth-order valence-corrected chi connectivity index (χ4v) is 6.87. The molecule has 0 radical (unpaired) electrons. The Balaban J connectivity index is 0.000000210. The van der Waals surface area contributed by atoms with Crippen LogP contribution in [-0.2, 0) is 35.7 Å². The summed E-state index contributed by atoms with van der Waals surface area (Å²) in [6.07, 6.45) is 5.65. The van der Waals surface area contributed by atoms with Crippen molar-refractivity contribution in [1.82, 2.24) is 18.7 Å². The number of benzene rings is 2. The van der Waals surface area contributed by atoms with E-state index in [4.69, 9.17) is 55.9 Å². The number of halogens is 6. The Morgan fingerprint density at radius 3 is 1.76 bits per heavy atom. The average Bonchev–Trinajstić information content (AvgIpc) is 3.49. The van der Waals surface area contributed by atoms with Gasteiger partial charge in [0, 0.05) is 43.4 Å². The standard InChI is InChI=1S/C21H23Cl2FN2O4.C13H11Cl2FN2O2/c1-3-8-29-14(9-13(2)27)12-30-18-10-15(17(24)11-16(18)22)19-20(23)25-6-4-5-7-26(25)21(19)28;14-8-6-9(16)7(5-10(8)19)11-12(15)17-3-1-2-4-18(17)13(11)20/h9-11H,3-8,12H2,1-2H3;5-6,19H,1-4H2/b14-9+;. The Hall–Kier alpha value is -3.71. The first kappa shape index (κ1) is 37.5. The number of ketones is 1. The van der Waals surface area contributed by atoms with Gasteiger partial charge in [0.25, 0.3) is 11.1 Å². The van der Waals surface area contributed by atoms with Crippen molar-refractivity contribution in [3.63, 3.8) is 0 Å². The summed E-state index contributed by atoms with van der Waals surface area (Å²) >= 11 is 24.4. The summed E-state index contributed by atoms with van der Waals surface area (Å²) in [5.41, 5.74) is -0.565. The van der Waals surface area contributed by atoms with Crippen molar-refractivity contribution in [2.45, 2.75) is 72.1 Å². The molecule has 2 aliphatic heterocycles. The van der Waals surface area contributed by atoms with Crippen LogP contribution in [0.3, 0.4) is 0 Å². The average molecular weight is 774 g/mol. The second kappa shape index (κ2) is 16.1. The highest BCUT2D eigenvalue weighted by Crippen LogP contribution is 2.37. The van der Waals surface area contributed by atoms with Crippen LogP contribution in [0.4, 0.5) is 8.78 Å². The molecular weight excluding hydrogens is 740 g/mol. The molecule has 0 saturated heterocycles. The van der Waals surface area contributed by atoms with E-state index in [0.29, 0.717) is 38.5 Å². The predicted octanol–water partition coefficient (Wildman–Crippen LogP) is 8.10. The van der Waals surface area contributed by atoms with E-state index >= 15 is 0 Å². The number of carbonyl (C=O) groups is 1. The fraction of sp³-hybridized carbons (Fsp3) is 0.382. The van der Waals surface area contributed by atoms with Crippen LogP contribution in [0.15, 0.2) is 45.7 Å². The van der Waals surface area contributed by atoms with Gasteiger partial charge in [0.05, 0.1) is 27.8 Å². The van der Waals surface area contributed by atoms with E-state index < -0.39 is 11.6 Å². The molecule has 50 heavy (non-hydrogen) atoms. The zero-order chi connectivity index (χ0) is 36.3. The zero-order valence-corrected chi connectivity index (χ0v) is 30.2. The molecule has 0 unspecified atom stereocenters. The molecule has 0 saturated carbocycles. The Labute approximate surface area is 305 Å². The Kier molecular flexibility index (Phi) is 12.1. The molecule has 2 aliphatic rings. The Morgan fingerprint density at radius 2 is 1.28 bits per heavy atom. The van der Waals surface area contributed by atoms with Crippen molar-refractivity contribution in [1.29, 1.82) is 0 Å². The first-order chi connectivity index (χ1) is 23.8. The smallest absolute Gasteiger partial charge is 0.276 e. The molecular formula is C34H34Cl4F2N4O6. The Morgan fingerprint density at radius 1 is 0.800 bits per heavy atom. The topological polar surface area (TPSA) is 110 Å². The van der Waals surface area contributed by atoms with E-state index in [1.165, 1.54) is 28.4 Å². The second-order valence-electron chi connectivity index (χ2n) is 11.8. The van der Waals surface area contributed by atoms with Gasteiger partial charge in [-0.15, -0.1) is 0 Å². The monoisotopic (exact) mass is 772 g/mol. The van der Waals surface area contributed by atoms with Crippen molar-refractivity contribution in [2.24, 2.45) is 0 Å². The lowest BCUT2D eigenvalue weighted by molar-refractivity contribution is -0.112. The summed E-state index contributed by atoms with van der Waals surface area (Å²) in [5.74, 6) is -1.33. The SMILES string of the molecule is CCCO/C(=C/C(C)=O)COc1cc(-c2c(Cl)n3n(c2=O)CCCC3)c(F)cc1Cl.O=c1c(-c2cc(O)c(Cl)cc2F)c(Cl)n2n1CCCC2. The number of hydrogen-bond acceptors (Lipinski definition) is 6. The van der Waals surface area contributed by atoms with Gasteiger partial charge in [0.15, 0.2) is 5.78 Å². The minimum Gasteiger partial charge on any atom is -0.506 e. The van der Waals surface area contributed by atoms with Crippen molar-refractivity contribution < 1.29 is 28.2 Å². The summed E-state index contributed by atoms with van der Waals surface area (Å²) in [5, 5.41) is 9.92. The van der Waals surface area contributed by atoms with Gasteiger partial charge in [-0.3, -0.25) is 23.7 Å². The van der Waals surface area contributed by atoms with Gasteiger partial charge in [-0.25, -0.2) is 18.1 Å². The molecule has 4 aromatic rings. The summed E-state index contributed by atoms with van der Waals surface area (Å²) in [6.45, 7) is 6.01. The molecule has 16 heteroatoms. The molecule has 0 fully saturated rings. The first-order valence-corrected chi connectivity index (χ1v) is 17.5. The highest BCUT2D eigenvalue weighted by molar-refractivity contribution is 6.34. The maximum absolute atomic E-state index is 14.7. The van der Waals surface area contributed by atoms with Crippen LogP contribution in [-0.4, -0.2) is 42.8 Å². The van der Waals surface area contributed by atoms with E-state index in [1.54, 1.807) is 9.36 Å². The predicted molar refractivity (Wildman–Crippen MR) is 189 cm³/mol. The summed E-state index contributed by atoms with van der Waals surface area (Å²) in [4.78, 5) is 36.6. The van der Waals surface area contributed by atoms with Gasteiger partial charge in [0.1, 0.15) is 45.8 Å². The van der Waals surface area contributed by atoms with Gasteiger partial charge in [0.2, 0.25) is 0 Å². The third kappa shape index (κ3) is 7.78. The highest BCUT2D eigenvalue weighted by Gasteiger charge is 2.26. The molecule has 1 N–H and O–H groups in total. The van der Waals surface area contributed by atoms with Crippen LogP contribution in [0.25, 0.3) is 22.3 Å². The minimum atomic E-state index is -0.685. The molecule has 268 valence electrons. The third-order valence-electron chi connectivity index (χ3n) is 8.15. The number of nitrogens with zero attached hydrogens (tertiary/aromatic N) is 4. The van der Waals surface area contributed by atoms with E-state index in [-0.39, 0.29) is 77.6 Å². The maximum atomic E-state index is 14.7. The van der Waals surface area contributed by atoms with Crippen molar-refractivity contribution in [2.75, 3.05) is 13.2 Å². The van der Waals surface area contributed by atoms with Gasteiger partial charge >= 0.3 is 0 Å². The number of fused-ring (bicyclic) bond motifs is 2.